The Hall–Kier alpha value is -0.820. The van der Waals surface area contributed by atoms with Crippen LogP contribution in [0.15, 0.2) is 6.07 Å². The molecule has 0 aromatic heterocycles. The maximum atomic E-state index is 6.63. The molecule has 0 bridgehead atoms. The van der Waals surface area contributed by atoms with Gasteiger partial charge in [-0.3, -0.25) is 0 Å². The minimum absolute atomic E-state index is 0.277. The first-order valence-electron chi connectivity index (χ1n) is 7.35. The second-order valence-corrected chi connectivity index (χ2v) is 6.54. The lowest BCUT2D eigenvalue weighted by atomic mass is 9.86. The lowest BCUT2D eigenvalue weighted by molar-refractivity contribution is 0.498. The van der Waals surface area contributed by atoms with E-state index in [4.69, 9.17) is 5.73 Å². The maximum Gasteiger partial charge on any atom is 0.0334 e. The van der Waals surface area contributed by atoms with Crippen molar-refractivity contribution in [1.29, 1.82) is 0 Å². The fraction of sp³-hybridized carbons (Fsp3) is 0.647. The van der Waals surface area contributed by atoms with Gasteiger partial charge in [0.25, 0.3) is 0 Å². The van der Waals surface area contributed by atoms with Gasteiger partial charge >= 0.3 is 0 Å². The molecular weight excluding hydrogens is 218 g/mol. The Labute approximate surface area is 111 Å². The summed E-state index contributed by atoms with van der Waals surface area (Å²) in [5, 5.41) is 0. The molecule has 18 heavy (non-hydrogen) atoms. The molecule has 3 unspecified atom stereocenters. The monoisotopic (exact) mass is 243 g/mol. The first kappa shape index (κ1) is 12.2. The molecule has 0 aliphatic heterocycles. The van der Waals surface area contributed by atoms with Crippen molar-refractivity contribution in [3.63, 3.8) is 0 Å². The standard InChI is InChI=1S/C17H25N/c1-9-8-10(2)12(4)15(11(9)3)17(18)16-13-6-5-7-14(13)16/h8,13-14,16-17H,5-7,18H2,1-4H3. The van der Waals surface area contributed by atoms with Crippen molar-refractivity contribution in [3.8, 4) is 0 Å². The highest BCUT2D eigenvalue weighted by Crippen LogP contribution is 2.62. The topological polar surface area (TPSA) is 26.0 Å². The van der Waals surface area contributed by atoms with Crippen LogP contribution in [0.25, 0.3) is 0 Å². The quantitative estimate of drug-likeness (QED) is 0.835. The fourth-order valence-electron chi connectivity index (χ4n) is 4.35. The summed E-state index contributed by atoms with van der Waals surface area (Å²) in [6.07, 6.45) is 4.28. The van der Waals surface area contributed by atoms with Crippen molar-refractivity contribution in [1.82, 2.24) is 0 Å². The normalized spacial score (nSPS) is 31.3. The Kier molecular flexibility index (Phi) is 2.78. The van der Waals surface area contributed by atoms with Crippen LogP contribution < -0.4 is 5.73 Å². The Morgan fingerprint density at radius 1 is 1.00 bits per heavy atom. The van der Waals surface area contributed by atoms with Crippen molar-refractivity contribution in [2.45, 2.75) is 53.0 Å². The predicted octanol–water partition coefficient (Wildman–Crippen LogP) is 3.97. The van der Waals surface area contributed by atoms with E-state index >= 15 is 0 Å². The largest absolute Gasteiger partial charge is 0.324 e. The maximum absolute atomic E-state index is 6.63. The van der Waals surface area contributed by atoms with Crippen LogP contribution in [0, 0.1) is 45.4 Å². The molecule has 0 saturated heterocycles. The lowest BCUT2D eigenvalue weighted by Crippen LogP contribution is -2.19. The molecule has 1 aromatic carbocycles. The molecule has 0 amide bonds. The summed E-state index contributed by atoms with van der Waals surface area (Å²) in [5.74, 6) is 2.66. The van der Waals surface area contributed by atoms with Gasteiger partial charge in [0.2, 0.25) is 0 Å². The van der Waals surface area contributed by atoms with E-state index in [-0.39, 0.29) is 6.04 Å². The summed E-state index contributed by atoms with van der Waals surface area (Å²) in [6, 6.07) is 2.58. The molecule has 0 radical (unpaired) electrons. The van der Waals surface area contributed by atoms with E-state index in [1.165, 1.54) is 47.1 Å². The molecule has 3 rings (SSSR count). The number of aryl methyl sites for hydroxylation is 2. The van der Waals surface area contributed by atoms with Gasteiger partial charge in [0.05, 0.1) is 0 Å². The number of hydrogen-bond donors (Lipinski definition) is 1. The third kappa shape index (κ3) is 1.64. The van der Waals surface area contributed by atoms with E-state index in [2.05, 4.69) is 33.8 Å². The van der Waals surface area contributed by atoms with Crippen molar-refractivity contribution in [3.05, 3.63) is 33.9 Å². The van der Waals surface area contributed by atoms with E-state index in [0.717, 1.165) is 17.8 Å². The summed E-state index contributed by atoms with van der Waals surface area (Å²) >= 11 is 0. The molecule has 1 heteroatoms. The van der Waals surface area contributed by atoms with Crippen LogP contribution in [0.3, 0.4) is 0 Å². The second-order valence-electron chi connectivity index (χ2n) is 6.54. The average molecular weight is 243 g/mol. The minimum atomic E-state index is 0.277. The van der Waals surface area contributed by atoms with Crippen LogP contribution in [0.1, 0.15) is 53.1 Å². The molecular formula is C17H25N. The Bertz CT molecular complexity index is 453. The molecule has 1 nitrogen and oxygen atoms in total. The SMILES string of the molecule is Cc1cc(C)c(C)c(C(N)C2C3CCCC32)c1C. The fourth-order valence-corrected chi connectivity index (χ4v) is 4.35. The molecule has 98 valence electrons. The van der Waals surface area contributed by atoms with Crippen LogP contribution in [0.4, 0.5) is 0 Å². The van der Waals surface area contributed by atoms with Crippen LogP contribution >= 0.6 is 0 Å². The van der Waals surface area contributed by atoms with Gasteiger partial charge in [-0.1, -0.05) is 12.5 Å². The minimum Gasteiger partial charge on any atom is -0.324 e. The van der Waals surface area contributed by atoms with Gasteiger partial charge in [-0.05, 0) is 86.1 Å². The van der Waals surface area contributed by atoms with E-state index in [0.29, 0.717) is 0 Å². The van der Waals surface area contributed by atoms with Crippen molar-refractivity contribution < 1.29 is 0 Å². The van der Waals surface area contributed by atoms with Gasteiger partial charge in [-0.25, -0.2) is 0 Å². The van der Waals surface area contributed by atoms with Crippen LogP contribution in [-0.2, 0) is 0 Å². The summed E-state index contributed by atoms with van der Waals surface area (Å²) in [5.41, 5.74) is 13.7. The summed E-state index contributed by atoms with van der Waals surface area (Å²) < 4.78 is 0. The molecule has 3 atom stereocenters. The van der Waals surface area contributed by atoms with Crippen LogP contribution in [-0.4, -0.2) is 0 Å². The first-order chi connectivity index (χ1) is 8.52. The van der Waals surface area contributed by atoms with E-state index < -0.39 is 0 Å². The molecule has 2 fully saturated rings. The van der Waals surface area contributed by atoms with E-state index in [1.54, 1.807) is 0 Å². The number of rotatable bonds is 2. The molecule has 2 aliphatic rings. The zero-order valence-electron chi connectivity index (χ0n) is 12.1. The highest BCUT2D eigenvalue weighted by molar-refractivity contribution is 5.46. The predicted molar refractivity (Wildman–Crippen MR) is 76.6 cm³/mol. The lowest BCUT2D eigenvalue weighted by Gasteiger charge is -2.22. The molecule has 2 saturated carbocycles. The second kappa shape index (κ2) is 4.09. The molecule has 1 aromatic rings. The van der Waals surface area contributed by atoms with Gasteiger partial charge in [-0.2, -0.15) is 0 Å². The smallest absolute Gasteiger partial charge is 0.0334 e. The van der Waals surface area contributed by atoms with Crippen LogP contribution in [0.5, 0.6) is 0 Å². The average Bonchev–Trinajstić information content (AvgIpc) is 2.80. The summed E-state index contributed by atoms with van der Waals surface area (Å²) in [7, 11) is 0. The van der Waals surface area contributed by atoms with Gasteiger partial charge in [-0.15, -0.1) is 0 Å². The highest BCUT2D eigenvalue weighted by Gasteiger charge is 2.55. The van der Waals surface area contributed by atoms with Crippen molar-refractivity contribution in [2.24, 2.45) is 23.5 Å². The molecule has 0 spiro atoms. The van der Waals surface area contributed by atoms with Crippen molar-refractivity contribution >= 4 is 0 Å². The molecule has 2 aliphatic carbocycles. The third-order valence-corrected chi connectivity index (χ3v) is 5.64. The zero-order chi connectivity index (χ0) is 13.0. The Morgan fingerprint density at radius 3 is 2.00 bits per heavy atom. The van der Waals surface area contributed by atoms with Crippen LogP contribution in [0.2, 0.25) is 0 Å². The number of nitrogens with two attached hydrogens (primary N) is 1. The van der Waals surface area contributed by atoms with E-state index in [9.17, 15) is 0 Å². The summed E-state index contributed by atoms with van der Waals surface area (Å²) in [4.78, 5) is 0. The number of benzene rings is 1. The highest BCUT2D eigenvalue weighted by atomic mass is 14.8. The third-order valence-electron chi connectivity index (χ3n) is 5.64. The summed E-state index contributed by atoms with van der Waals surface area (Å²) in [6.45, 7) is 8.92. The van der Waals surface area contributed by atoms with Gasteiger partial charge in [0.1, 0.15) is 0 Å². The zero-order valence-corrected chi connectivity index (χ0v) is 12.1. The number of fused-ring (bicyclic) bond motifs is 1. The first-order valence-corrected chi connectivity index (χ1v) is 7.35. The number of hydrogen-bond acceptors (Lipinski definition) is 1. The molecule has 2 N–H and O–H groups in total. The molecule has 0 heterocycles. The van der Waals surface area contributed by atoms with E-state index in [1.807, 2.05) is 0 Å². The Morgan fingerprint density at radius 2 is 1.50 bits per heavy atom. The van der Waals surface area contributed by atoms with Gasteiger partial charge in [0, 0.05) is 6.04 Å². The van der Waals surface area contributed by atoms with Gasteiger partial charge in [0.15, 0.2) is 0 Å². The van der Waals surface area contributed by atoms with Gasteiger partial charge < -0.3 is 5.73 Å². The van der Waals surface area contributed by atoms with Crippen molar-refractivity contribution in [2.75, 3.05) is 0 Å². The Balaban J connectivity index is 1.97.